The molecule has 112 valence electrons. The SMILES string of the molecule is CCNC(=O)C(C)NS(=O)(=O)c1cc(N)c(F)cc1C. The minimum Gasteiger partial charge on any atom is -0.396 e. The fraction of sp³-hybridized carbons (Fsp3) is 0.417. The molecule has 1 aromatic rings. The molecule has 0 aliphatic carbocycles. The van der Waals surface area contributed by atoms with Crippen LogP contribution in [0, 0.1) is 12.7 Å². The minimum absolute atomic E-state index is 0.146. The molecule has 0 saturated carbocycles. The molecule has 0 fully saturated rings. The predicted octanol–water partition coefficient (Wildman–Crippen LogP) is 0.519. The van der Waals surface area contributed by atoms with E-state index in [0.717, 1.165) is 12.1 Å². The van der Waals surface area contributed by atoms with Crippen LogP contribution in [0.5, 0.6) is 0 Å². The van der Waals surface area contributed by atoms with Crippen molar-refractivity contribution in [2.45, 2.75) is 31.7 Å². The van der Waals surface area contributed by atoms with Crippen molar-refractivity contribution < 1.29 is 17.6 Å². The van der Waals surface area contributed by atoms with Crippen LogP contribution >= 0.6 is 0 Å². The molecule has 20 heavy (non-hydrogen) atoms. The molecule has 0 aliphatic heterocycles. The second-order valence-electron chi connectivity index (χ2n) is 4.38. The van der Waals surface area contributed by atoms with E-state index in [1.54, 1.807) is 6.92 Å². The zero-order valence-corrected chi connectivity index (χ0v) is 12.3. The Hall–Kier alpha value is -1.67. The van der Waals surface area contributed by atoms with Crippen LogP contribution in [0.1, 0.15) is 19.4 Å². The third-order valence-electron chi connectivity index (χ3n) is 2.66. The lowest BCUT2D eigenvalue weighted by molar-refractivity contribution is -0.122. The number of anilines is 1. The van der Waals surface area contributed by atoms with Crippen LogP contribution in [-0.4, -0.2) is 26.9 Å². The van der Waals surface area contributed by atoms with Crippen LogP contribution in [0.25, 0.3) is 0 Å². The van der Waals surface area contributed by atoms with Crippen molar-refractivity contribution in [3.05, 3.63) is 23.5 Å². The highest BCUT2D eigenvalue weighted by atomic mass is 32.2. The largest absolute Gasteiger partial charge is 0.396 e. The second-order valence-corrected chi connectivity index (χ2v) is 6.06. The number of halogens is 1. The number of likely N-dealkylation sites (N-methyl/N-ethyl adjacent to an activating group) is 1. The van der Waals surface area contributed by atoms with Crippen molar-refractivity contribution in [2.75, 3.05) is 12.3 Å². The van der Waals surface area contributed by atoms with Gasteiger partial charge in [-0.2, -0.15) is 4.72 Å². The van der Waals surface area contributed by atoms with E-state index >= 15 is 0 Å². The van der Waals surface area contributed by atoms with Gasteiger partial charge in [0.15, 0.2) is 0 Å². The van der Waals surface area contributed by atoms with Gasteiger partial charge in [0, 0.05) is 6.54 Å². The number of aryl methyl sites for hydroxylation is 1. The van der Waals surface area contributed by atoms with Crippen molar-refractivity contribution in [2.24, 2.45) is 0 Å². The Kier molecular flexibility index (Phi) is 5.07. The molecule has 1 amide bonds. The maximum Gasteiger partial charge on any atom is 0.241 e. The van der Waals surface area contributed by atoms with Gasteiger partial charge in [-0.1, -0.05) is 0 Å². The predicted molar refractivity (Wildman–Crippen MR) is 74.0 cm³/mol. The summed E-state index contributed by atoms with van der Waals surface area (Å²) in [4.78, 5) is 11.4. The van der Waals surface area contributed by atoms with E-state index in [-0.39, 0.29) is 16.1 Å². The first kappa shape index (κ1) is 16.4. The maximum atomic E-state index is 13.2. The molecule has 1 atom stereocenters. The molecule has 1 rings (SSSR count). The van der Waals surface area contributed by atoms with E-state index in [0.29, 0.717) is 6.54 Å². The summed E-state index contributed by atoms with van der Waals surface area (Å²) < 4.78 is 39.8. The highest BCUT2D eigenvalue weighted by molar-refractivity contribution is 7.89. The first-order chi connectivity index (χ1) is 9.19. The smallest absolute Gasteiger partial charge is 0.241 e. The van der Waals surface area contributed by atoms with Gasteiger partial charge in [0.25, 0.3) is 0 Å². The average Bonchev–Trinajstić information content (AvgIpc) is 2.33. The van der Waals surface area contributed by atoms with E-state index in [1.807, 2.05) is 0 Å². The van der Waals surface area contributed by atoms with Gasteiger partial charge in [0.2, 0.25) is 15.9 Å². The molecule has 0 radical (unpaired) electrons. The van der Waals surface area contributed by atoms with E-state index in [9.17, 15) is 17.6 Å². The van der Waals surface area contributed by atoms with E-state index in [2.05, 4.69) is 10.0 Å². The number of hydrogen-bond acceptors (Lipinski definition) is 4. The summed E-state index contributed by atoms with van der Waals surface area (Å²) >= 11 is 0. The molecular weight excluding hydrogens is 285 g/mol. The number of benzene rings is 1. The third-order valence-corrected chi connectivity index (χ3v) is 4.34. The Morgan fingerprint density at radius 3 is 2.60 bits per heavy atom. The molecule has 8 heteroatoms. The standard InChI is InChI=1S/C12H18FN3O3S/c1-4-15-12(17)8(3)16-20(18,19)11-6-10(14)9(13)5-7(11)2/h5-6,8,16H,4,14H2,1-3H3,(H,15,17). The first-order valence-corrected chi connectivity index (χ1v) is 7.53. The Bertz CT molecular complexity index is 617. The van der Waals surface area contributed by atoms with Gasteiger partial charge in [-0.15, -0.1) is 0 Å². The van der Waals surface area contributed by atoms with E-state index < -0.39 is 27.8 Å². The number of sulfonamides is 1. The van der Waals surface area contributed by atoms with Gasteiger partial charge in [-0.05, 0) is 38.5 Å². The Morgan fingerprint density at radius 2 is 2.05 bits per heavy atom. The number of nitrogens with one attached hydrogen (secondary N) is 2. The minimum atomic E-state index is -3.95. The maximum absolute atomic E-state index is 13.2. The Balaban J connectivity index is 3.06. The van der Waals surface area contributed by atoms with Gasteiger partial charge in [0.1, 0.15) is 5.82 Å². The molecule has 0 heterocycles. The van der Waals surface area contributed by atoms with Crippen LogP contribution in [0.4, 0.5) is 10.1 Å². The number of carbonyl (C=O) groups excluding carboxylic acids is 1. The molecule has 0 aromatic heterocycles. The summed E-state index contributed by atoms with van der Waals surface area (Å²) in [6.45, 7) is 5.00. The van der Waals surface area contributed by atoms with Crippen LogP contribution in [0.15, 0.2) is 17.0 Å². The molecule has 6 nitrogen and oxygen atoms in total. The van der Waals surface area contributed by atoms with Gasteiger partial charge in [-0.25, -0.2) is 12.8 Å². The number of nitrogens with two attached hydrogens (primary N) is 1. The summed E-state index contributed by atoms with van der Waals surface area (Å²) in [7, 11) is -3.95. The monoisotopic (exact) mass is 303 g/mol. The zero-order valence-electron chi connectivity index (χ0n) is 11.5. The van der Waals surface area contributed by atoms with Crippen LogP contribution in [-0.2, 0) is 14.8 Å². The number of amides is 1. The van der Waals surface area contributed by atoms with Crippen molar-refractivity contribution in [3.8, 4) is 0 Å². The van der Waals surface area contributed by atoms with Crippen molar-refractivity contribution in [3.63, 3.8) is 0 Å². The quantitative estimate of drug-likeness (QED) is 0.690. The summed E-state index contributed by atoms with van der Waals surface area (Å²) in [6.07, 6.45) is 0. The molecule has 1 unspecified atom stereocenters. The van der Waals surface area contributed by atoms with Crippen LogP contribution in [0.2, 0.25) is 0 Å². The van der Waals surface area contributed by atoms with Crippen molar-refractivity contribution in [1.82, 2.24) is 10.0 Å². The number of nitrogen functional groups attached to an aromatic ring is 1. The number of rotatable bonds is 5. The molecule has 4 N–H and O–H groups in total. The van der Waals surface area contributed by atoms with Gasteiger partial charge in [-0.3, -0.25) is 4.79 Å². The lowest BCUT2D eigenvalue weighted by Crippen LogP contribution is -2.44. The van der Waals surface area contributed by atoms with Gasteiger partial charge >= 0.3 is 0 Å². The lowest BCUT2D eigenvalue weighted by atomic mass is 10.2. The van der Waals surface area contributed by atoms with Gasteiger partial charge in [0.05, 0.1) is 16.6 Å². The van der Waals surface area contributed by atoms with Gasteiger partial charge < -0.3 is 11.1 Å². The fourth-order valence-corrected chi connectivity index (χ4v) is 3.10. The van der Waals surface area contributed by atoms with E-state index in [4.69, 9.17) is 5.73 Å². The van der Waals surface area contributed by atoms with E-state index in [1.165, 1.54) is 13.8 Å². The molecule has 0 spiro atoms. The summed E-state index contributed by atoms with van der Waals surface area (Å²) in [5, 5.41) is 2.50. The van der Waals surface area contributed by atoms with Crippen LogP contribution in [0.3, 0.4) is 0 Å². The number of hydrogen-bond donors (Lipinski definition) is 3. The summed E-state index contributed by atoms with van der Waals surface area (Å²) in [5.74, 6) is -1.12. The summed E-state index contributed by atoms with van der Waals surface area (Å²) in [6, 6.07) is 1.14. The number of carbonyl (C=O) groups is 1. The molecule has 0 saturated heterocycles. The molecule has 1 aromatic carbocycles. The second kappa shape index (κ2) is 6.19. The fourth-order valence-electron chi connectivity index (χ4n) is 1.64. The lowest BCUT2D eigenvalue weighted by Gasteiger charge is -2.15. The summed E-state index contributed by atoms with van der Waals surface area (Å²) in [5.41, 5.74) is 5.33. The third kappa shape index (κ3) is 3.67. The highest BCUT2D eigenvalue weighted by Gasteiger charge is 2.24. The molecule has 0 bridgehead atoms. The van der Waals surface area contributed by atoms with Crippen molar-refractivity contribution >= 4 is 21.6 Å². The zero-order chi connectivity index (χ0) is 15.5. The Morgan fingerprint density at radius 1 is 1.45 bits per heavy atom. The molecular formula is C12H18FN3O3S. The molecule has 0 aliphatic rings. The topological polar surface area (TPSA) is 101 Å². The van der Waals surface area contributed by atoms with Crippen LogP contribution < -0.4 is 15.8 Å². The first-order valence-electron chi connectivity index (χ1n) is 6.04. The Labute approximate surface area is 117 Å². The normalized spacial score (nSPS) is 13.0. The highest BCUT2D eigenvalue weighted by Crippen LogP contribution is 2.21. The average molecular weight is 303 g/mol. The van der Waals surface area contributed by atoms with Crippen molar-refractivity contribution in [1.29, 1.82) is 0 Å².